The largest absolute Gasteiger partial charge is 0.497 e. The van der Waals surface area contributed by atoms with Crippen LogP contribution in [0.15, 0.2) is 42.5 Å². The molecular weight excluding hydrogens is 326 g/mol. The lowest BCUT2D eigenvalue weighted by Crippen LogP contribution is -2.39. The number of amides is 3. The molecule has 8 nitrogen and oxygen atoms in total. The van der Waals surface area contributed by atoms with E-state index in [2.05, 4.69) is 5.32 Å². The average molecular weight is 343 g/mol. The van der Waals surface area contributed by atoms with Crippen LogP contribution in [0, 0.1) is 0 Å². The first-order chi connectivity index (χ1) is 11.9. The number of anilines is 2. The first-order valence-corrected chi connectivity index (χ1v) is 7.19. The number of methoxy groups -OCH3 is 2. The first kappa shape index (κ1) is 17.8. The van der Waals surface area contributed by atoms with Crippen LogP contribution in [0.3, 0.4) is 0 Å². The van der Waals surface area contributed by atoms with Crippen LogP contribution in [0.25, 0.3) is 0 Å². The van der Waals surface area contributed by atoms with E-state index >= 15 is 0 Å². The summed E-state index contributed by atoms with van der Waals surface area (Å²) in [7, 11) is 2.88. The Labute approximate surface area is 143 Å². The van der Waals surface area contributed by atoms with Crippen LogP contribution in [0.5, 0.6) is 11.5 Å². The monoisotopic (exact) mass is 343 g/mol. The Morgan fingerprint density at radius 1 is 0.920 bits per heavy atom. The van der Waals surface area contributed by atoms with E-state index in [1.165, 1.54) is 44.6 Å². The molecule has 4 N–H and O–H groups in total. The van der Waals surface area contributed by atoms with E-state index in [0.29, 0.717) is 17.2 Å². The topological polar surface area (TPSA) is 120 Å². The van der Waals surface area contributed by atoms with Crippen LogP contribution >= 0.6 is 0 Å². The van der Waals surface area contributed by atoms with Crippen molar-refractivity contribution in [2.24, 2.45) is 0 Å². The highest BCUT2D eigenvalue weighted by atomic mass is 16.5. The second kappa shape index (κ2) is 7.82. The standard InChI is InChI=1S/C17H17N3O5/c1-24-12-7-8-14(25-2)13(9-12)19-16(22)17(23)20-15(21)10-3-5-11(18)6-4-10/h3-9H,18H2,1-2H3,(H,19,22)(H,20,21,23). The van der Waals surface area contributed by atoms with E-state index in [9.17, 15) is 14.4 Å². The molecule has 0 aromatic heterocycles. The third-order valence-electron chi connectivity index (χ3n) is 3.26. The van der Waals surface area contributed by atoms with Crippen LogP contribution in [0.2, 0.25) is 0 Å². The normalized spacial score (nSPS) is 9.84. The molecule has 0 saturated heterocycles. The van der Waals surface area contributed by atoms with Crippen LogP contribution in [-0.2, 0) is 9.59 Å². The van der Waals surface area contributed by atoms with E-state index in [1.54, 1.807) is 12.1 Å². The number of benzene rings is 2. The molecule has 0 bridgehead atoms. The molecule has 0 radical (unpaired) electrons. The molecule has 2 aromatic carbocycles. The summed E-state index contributed by atoms with van der Waals surface area (Å²) < 4.78 is 10.2. The Morgan fingerprint density at radius 3 is 2.20 bits per heavy atom. The summed E-state index contributed by atoms with van der Waals surface area (Å²) in [6.07, 6.45) is 0. The number of rotatable bonds is 4. The van der Waals surface area contributed by atoms with Gasteiger partial charge in [0.2, 0.25) is 0 Å². The lowest BCUT2D eigenvalue weighted by Gasteiger charge is -2.11. The maximum atomic E-state index is 12.0. The molecule has 0 heterocycles. The Hall–Kier alpha value is -3.55. The number of nitrogens with one attached hydrogen (secondary N) is 2. The molecule has 0 unspecified atom stereocenters. The van der Waals surface area contributed by atoms with E-state index in [-0.39, 0.29) is 11.3 Å². The van der Waals surface area contributed by atoms with E-state index < -0.39 is 17.7 Å². The Morgan fingerprint density at radius 2 is 1.60 bits per heavy atom. The van der Waals surface area contributed by atoms with Crippen molar-refractivity contribution < 1.29 is 23.9 Å². The van der Waals surface area contributed by atoms with Gasteiger partial charge in [0, 0.05) is 17.3 Å². The Balaban J connectivity index is 2.06. The minimum atomic E-state index is -1.10. The molecule has 3 amide bonds. The zero-order chi connectivity index (χ0) is 18.4. The molecule has 0 aliphatic carbocycles. The number of nitrogen functional groups attached to an aromatic ring is 1. The Bertz CT molecular complexity index is 802. The summed E-state index contributed by atoms with van der Waals surface area (Å²) in [5, 5.41) is 4.37. The number of ether oxygens (including phenoxy) is 2. The molecule has 25 heavy (non-hydrogen) atoms. The van der Waals surface area contributed by atoms with Gasteiger partial charge in [0.1, 0.15) is 11.5 Å². The van der Waals surface area contributed by atoms with Crippen LogP contribution in [0.4, 0.5) is 11.4 Å². The highest BCUT2D eigenvalue weighted by molar-refractivity contribution is 6.42. The zero-order valence-electron chi connectivity index (χ0n) is 13.7. The number of hydrogen-bond acceptors (Lipinski definition) is 6. The van der Waals surface area contributed by atoms with Gasteiger partial charge in [-0.1, -0.05) is 0 Å². The number of nitrogens with two attached hydrogens (primary N) is 1. The van der Waals surface area contributed by atoms with Gasteiger partial charge >= 0.3 is 11.8 Å². The fourth-order valence-electron chi connectivity index (χ4n) is 1.96. The van der Waals surface area contributed by atoms with Crippen molar-refractivity contribution >= 4 is 29.1 Å². The smallest absolute Gasteiger partial charge is 0.316 e. The Kier molecular flexibility index (Phi) is 5.57. The number of hydrogen-bond donors (Lipinski definition) is 3. The first-order valence-electron chi connectivity index (χ1n) is 7.19. The maximum Gasteiger partial charge on any atom is 0.316 e. The molecule has 2 rings (SSSR count). The van der Waals surface area contributed by atoms with Crippen molar-refractivity contribution in [3.63, 3.8) is 0 Å². The van der Waals surface area contributed by atoms with Gasteiger partial charge in [0.25, 0.3) is 5.91 Å². The van der Waals surface area contributed by atoms with Gasteiger partial charge in [-0.3, -0.25) is 19.7 Å². The van der Waals surface area contributed by atoms with E-state index in [1.807, 2.05) is 5.32 Å². The quantitative estimate of drug-likeness (QED) is 0.566. The lowest BCUT2D eigenvalue weighted by atomic mass is 10.2. The van der Waals surface area contributed by atoms with Gasteiger partial charge in [-0.25, -0.2) is 0 Å². The molecule has 0 saturated carbocycles. The van der Waals surface area contributed by atoms with E-state index in [0.717, 1.165) is 0 Å². The van der Waals surface area contributed by atoms with Crippen LogP contribution in [-0.4, -0.2) is 31.9 Å². The number of imide groups is 1. The number of carbonyl (C=O) groups is 3. The summed E-state index contributed by atoms with van der Waals surface area (Å²) in [4.78, 5) is 35.9. The zero-order valence-corrected chi connectivity index (χ0v) is 13.7. The number of carbonyl (C=O) groups excluding carboxylic acids is 3. The van der Waals surface area contributed by atoms with Gasteiger partial charge in [-0.15, -0.1) is 0 Å². The second-order valence-corrected chi connectivity index (χ2v) is 4.93. The molecule has 0 atom stereocenters. The molecule has 8 heteroatoms. The summed E-state index contributed by atoms with van der Waals surface area (Å²) in [6, 6.07) is 10.6. The molecule has 130 valence electrons. The highest BCUT2D eigenvalue weighted by Gasteiger charge is 2.19. The molecule has 0 aliphatic rings. The van der Waals surface area contributed by atoms with Gasteiger partial charge in [0.05, 0.1) is 19.9 Å². The van der Waals surface area contributed by atoms with Gasteiger partial charge in [0.15, 0.2) is 0 Å². The predicted octanol–water partition coefficient (Wildman–Crippen LogP) is 1.18. The third-order valence-corrected chi connectivity index (χ3v) is 3.26. The van der Waals surface area contributed by atoms with Gasteiger partial charge in [-0.05, 0) is 36.4 Å². The van der Waals surface area contributed by atoms with Crippen molar-refractivity contribution in [3.8, 4) is 11.5 Å². The van der Waals surface area contributed by atoms with Crippen molar-refractivity contribution in [1.82, 2.24) is 5.32 Å². The lowest BCUT2D eigenvalue weighted by molar-refractivity contribution is -0.135. The minimum absolute atomic E-state index is 0.203. The predicted molar refractivity (Wildman–Crippen MR) is 91.5 cm³/mol. The molecule has 0 fully saturated rings. The summed E-state index contributed by atoms with van der Waals surface area (Å²) >= 11 is 0. The average Bonchev–Trinajstić information content (AvgIpc) is 2.61. The SMILES string of the molecule is COc1ccc(OC)c(NC(=O)C(=O)NC(=O)c2ccc(N)cc2)c1. The summed E-state index contributed by atoms with van der Waals surface area (Å²) in [5.74, 6) is -2.03. The van der Waals surface area contributed by atoms with Crippen molar-refractivity contribution in [2.75, 3.05) is 25.3 Å². The van der Waals surface area contributed by atoms with Crippen molar-refractivity contribution in [1.29, 1.82) is 0 Å². The molecule has 0 aliphatic heterocycles. The van der Waals surface area contributed by atoms with Crippen LogP contribution in [0.1, 0.15) is 10.4 Å². The van der Waals surface area contributed by atoms with Gasteiger partial charge < -0.3 is 20.5 Å². The third kappa shape index (κ3) is 4.47. The van der Waals surface area contributed by atoms with E-state index in [4.69, 9.17) is 15.2 Å². The summed E-state index contributed by atoms with van der Waals surface area (Å²) in [6.45, 7) is 0. The minimum Gasteiger partial charge on any atom is -0.497 e. The maximum absolute atomic E-state index is 12.0. The van der Waals surface area contributed by atoms with Crippen LogP contribution < -0.4 is 25.8 Å². The van der Waals surface area contributed by atoms with Crippen molar-refractivity contribution in [2.45, 2.75) is 0 Å². The van der Waals surface area contributed by atoms with Crippen molar-refractivity contribution in [3.05, 3.63) is 48.0 Å². The molecular formula is C17H17N3O5. The molecule has 2 aromatic rings. The highest BCUT2D eigenvalue weighted by Crippen LogP contribution is 2.28. The summed E-state index contributed by atoms with van der Waals surface area (Å²) in [5.41, 5.74) is 6.45. The fourth-order valence-corrected chi connectivity index (χ4v) is 1.96. The fraction of sp³-hybridized carbons (Fsp3) is 0.118. The second-order valence-electron chi connectivity index (χ2n) is 4.93. The molecule has 0 spiro atoms. The van der Waals surface area contributed by atoms with Gasteiger partial charge in [-0.2, -0.15) is 0 Å².